The summed E-state index contributed by atoms with van der Waals surface area (Å²) in [6.45, 7) is 2.12. The molecule has 188 valence electrons. The fourth-order valence-electron chi connectivity index (χ4n) is 5.31. The monoisotopic (exact) mass is 562 g/mol. The number of furan rings is 1. The molecule has 0 bridgehead atoms. The summed E-state index contributed by atoms with van der Waals surface area (Å²) in [5.74, 6) is 6.94. The van der Waals surface area contributed by atoms with Crippen LogP contribution in [0.5, 0.6) is 0 Å². The summed E-state index contributed by atoms with van der Waals surface area (Å²) in [7, 11) is 2.08. The molecule has 0 amide bonds. The second-order valence-electron chi connectivity index (χ2n) is 11.1. The normalized spacial score (nSPS) is 11.9. The molecule has 2 heterocycles. The van der Waals surface area contributed by atoms with E-state index in [-0.39, 0.29) is 5.82 Å². The first kappa shape index (κ1) is 24.6. The minimum absolute atomic E-state index is 0.282. The van der Waals surface area contributed by atoms with Gasteiger partial charge in [0.15, 0.2) is 0 Å². The first-order chi connectivity index (χ1) is 18.2. The zero-order valence-corrected chi connectivity index (χ0v) is 24.6. The van der Waals surface area contributed by atoms with Gasteiger partial charge in [-0.15, -0.1) is 0 Å². The summed E-state index contributed by atoms with van der Waals surface area (Å²) >= 11 is -2.06. The van der Waals surface area contributed by atoms with E-state index < -0.39 is 13.3 Å². The molecule has 0 unspecified atom stereocenters. The second kappa shape index (κ2) is 9.25. The van der Waals surface area contributed by atoms with Gasteiger partial charge in [0.05, 0.1) is 0 Å². The first-order valence-corrected chi connectivity index (χ1v) is 20.4. The molecule has 38 heavy (non-hydrogen) atoms. The molecule has 0 aliphatic heterocycles. The molecule has 4 aromatic carbocycles. The van der Waals surface area contributed by atoms with Crippen molar-refractivity contribution in [2.75, 3.05) is 0 Å². The van der Waals surface area contributed by atoms with Gasteiger partial charge in [0, 0.05) is 0 Å². The van der Waals surface area contributed by atoms with E-state index in [9.17, 15) is 0 Å². The van der Waals surface area contributed by atoms with Gasteiger partial charge in [-0.05, 0) is 5.56 Å². The number of nitrogens with zero attached hydrogens (tertiary/aromatic N) is 1. The number of aryl methyl sites for hydroxylation is 2. The fraction of sp³-hybridized carbons (Fsp3) is 0.147. The molecule has 0 aliphatic rings. The summed E-state index contributed by atoms with van der Waals surface area (Å²) in [4.78, 5) is 0. The Hall–Kier alpha value is -3.70. The third kappa shape index (κ3) is 4.15. The quantitative estimate of drug-likeness (QED) is 0.156. The molecule has 0 spiro atoms. The van der Waals surface area contributed by atoms with Gasteiger partial charge in [0.25, 0.3) is 0 Å². The summed E-state index contributed by atoms with van der Waals surface area (Å²) in [5.41, 5.74) is 8.27. The van der Waals surface area contributed by atoms with Crippen molar-refractivity contribution in [3.8, 4) is 33.5 Å². The standard InChI is InChI=1S/C34H31FGeNO/c1-22-11-16-27-28-17-18-29(35)32(25-14-12-24(13-15-25)23-9-7-6-8-10-23)34(28)38-33(27)31(22)30-21-26(36(2,3)4)19-20-37(30)5/h6-21H,1-5H3/q+1. The number of fused-ring (bicyclic) bond motifs is 3. The van der Waals surface area contributed by atoms with E-state index in [0.29, 0.717) is 11.1 Å². The van der Waals surface area contributed by atoms with Crippen LogP contribution in [0.1, 0.15) is 5.56 Å². The molecule has 0 atom stereocenters. The Kier molecular flexibility index (Phi) is 5.99. The number of hydrogen-bond acceptors (Lipinski definition) is 1. The number of aromatic nitrogens is 1. The van der Waals surface area contributed by atoms with Crippen LogP contribution in [-0.4, -0.2) is 13.3 Å². The van der Waals surface area contributed by atoms with Crippen LogP contribution in [0.25, 0.3) is 55.4 Å². The van der Waals surface area contributed by atoms with Gasteiger partial charge in [-0.2, -0.15) is 0 Å². The van der Waals surface area contributed by atoms with Crippen molar-refractivity contribution in [3.05, 3.63) is 109 Å². The van der Waals surface area contributed by atoms with E-state index in [1.165, 1.54) is 4.40 Å². The van der Waals surface area contributed by atoms with Gasteiger partial charge < -0.3 is 0 Å². The van der Waals surface area contributed by atoms with Crippen LogP contribution < -0.4 is 8.96 Å². The number of halogens is 1. The van der Waals surface area contributed by atoms with Gasteiger partial charge in [-0.3, -0.25) is 0 Å². The van der Waals surface area contributed by atoms with Crippen LogP contribution in [0, 0.1) is 12.7 Å². The Morgan fingerprint density at radius 2 is 1.29 bits per heavy atom. The molecule has 0 saturated carbocycles. The number of rotatable bonds is 4. The molecule has 2 nitrogen and oxygen atoms in total. The molecule has 0 fully saturated rings. The predicted octanol–water partition coefficient (Wildman–Crippen LogP) is 8.40. The van der Waals surface area contributed by atoms with E-state index >= 15 is 4.39 Å². The molecule has 2 aromatic heterocycles. The molecule has 0 saturated heterocycles. The molecule has 6 rings (SSSR count). The van der Waals surface area contributed by atoms with Crippen LogP contribution in [0.15, 0.2) is 102 Å². The molecule has 6 aromatic rings. The first-order valence-electron chi connectivity index (χ1n) is 13.0. The SMILES string of the molecule is Cc1ccc2c(oc3c(-c4ccc(-c5ccccc5)cc4)c(F)ccc32)c1-c1c[c]([Ge]([CH3])([CH3])[CH3])cc[n+]1C. The van der Waals surface area contributed by atoms with Crippen molar-refractivity contribution in [1.29, 1.82) is 0 Å². The van der Waals surface area contributed by atoms with Crippen molar-refractivity contribution >= 4 is 39.6 Å². The van der Waals surface area contributed by atoms with Gasteiger partial charge in [-0.25, -0.2) is 0 Å². The maximum atomic E-state index is 15.5. The number of pyridine rings is 1. The topological polar surface area (TPSA) is 17.0 Å². The molecular formula is C34H31FGeNO+. The van der Waals surface area contributed by atoms with E-state index in [1.807, 2.05) is 48.5 Å². The van der Waals surface area contributed by atoms with Gasteiger partial charge in [-0.1, -0.05) is 30.3 Å². The van der Waals surface area contributed by atoms with Crippen molar-refractivity contribution in [2.45, 2.75) is 24.2 Å². The summed E-state index contributed by atoms with van der Waals surface area (Å²) in [5, 5.41) is 1.93. The molecule has 0 N–H and O–H groups in total. The second-order valence-corrected chi connectivity index (χ2v) is 21.8. The Bertz CT molecular complexity index is 1810. The zero-order chi connectivity index (χ0) is 26.6. The Labute approximate surface area is 225 Å². The van der Waals surface area contributed by atoms with Crippen molar-refractivity contribution in [3.63, 3.8) is 0 Å². The Morgan fingerprint density at radius 1 is 0.684 bits per heavy atom. The Balaban J connectivity index is 1.58. The van der Waals surface area contributed by atoms with Crippen LogP contribution in [-0.2, 0) is 7.05 Å². The third-order valence-corrected chi connectivity index (χ3v) is 11.8. The van der Waals surface area contributed by atoms with Crippen molar-refractivity contribution < 1.29 is 13.4 Å². The van der Waals surface area contributed by atoms with Crippen LogP contribution >= 0.6 is 0 Å². The van der Waals surface area contributed by atoms with Crippen molar-refractivity contribution in [1.82, 2.24) is 0 Å². The van der Waals surface area contributed by atoms with Gasteiger partial charge >= 0.3 is 190 Å². The fourth-order valence-corrected chi connectivity index (χ4v) is 7.71. The number of benzene rings is 4. The van der Waals surface area contributed by atoms with E-state index in [1.54, 1.807) is 6.07 Å². The molecular weight excluding hydrogens is 530 g/mol. The Morgan fingerprint density at radius 3 is 1.97 bits per heavy atom. The average molecular weight is 561 g/mol. The minimum atomic E-state index is -2.06. The van der Waals surface area contributed by atoms with Gasteiger partial charge in [0.1, 0.15) is 0 Å². The van der Waals surface area contributed by atoms with Crippen LogP contribution in [0.4, 0.5) is 4.39 Å². The predicted molar refractivity (Wildman–Crippen MR) is 159 cm³/mol. The van der Waals surface area contributed by atoms with E-state index in [0.717, 1.165) is 49.9 Å². The van der Waals surface area contributed by atoms with Crippen molar-refractivity contribution in [2.24, 2.45) is 7.05 Å². The van der Waals surface area contributed by atoms with E-state index in [4.69, 9.17) is 4.42 Å². The summed E-state index contributed by atoms with van der Waals surface area (Å²) in [6.07, 6.45) is 2.15. The number of hydrogen-bond donors (Lipinski definition) is 0. The molecule has 4 heteroatoms. The maximum absolute atomic E-state index is 15.5. The summed E-state index contributed by atoms with van der Waals surface area (Å²) in [6, 6.07) is 30.5. The molecule has 0 aliphatic carbocycles. The van der Waals surface area contributed by atoms with Crippen LogP contribution in [0.3, 0.4) is 0 Å². The zero-order valence-electron chi connectivity index (χ0n) is 22.5. The van der Waals surface area contributed by atoms with E-state index in [2.05, 4.69) is 78.4 Å². The molecule has 0 radical (unpaired) electrons. The third-order valence-electron chi connectivity index (χ3n) is 7.52. The van der Waals surface area contributed by atoms with Crippen LogP contribution in [0.2, 0.25) is 17.3 Å². The van der Waals surface area contributed by atoms with Gasteiger partial charge in [0.2, 0.25) is 0 Å². The average Bonchev–Trinajstić information content (AvgIpc) is 3.27. The summed E-state index contributed by atoms with van der Waals surface area (Å²) < 4.78 is 25.7.